The lowest BCUT2D eigenvalue weighted by Crippen LogP contribution is -2.25. The maximum absolute atomic E-state index is 14.1. The third-order valence-electron chi connectivity index (χ3n) is 7.24. The lowest BCUT2D eigenvalue weighted by molar-refractivity contribution is -0.136. The molecule has 1 N–H and O–H groups in total. The Kier molecular flexibility index (Phi) is 6.30. The average Bonchev–Trinajstić information content (AvgIpc) is 3.47. The number of nitrogens with zero attached hydrogens (tertiary/aromatic N) is 4. The summed E-state index contributed by atoms with van der Waals surface area (Å²) in [5, 5.41) is -0.366. The van der Waals surface area contributed by atoms with Gasteiger partial charge in [-0.1, -0.05) is 17.7 Å². The number of fused-ring (bicyclic) bond motifs is 2. The van der Waals surface area contributed by atoms with E-state index in [4.69, 9.17) is 4.74 Å². The van der Waals surface area contributed by atoms with E-state index in [2.05, 4.69) is 15.0 Å². The number of imidazole rings is 1. The molecule has 0 saturated carbocycles. The predicted molar refractivity (Wildman–Crippen MR) is 141 cm³/mol. The van der Waals surface area contributed by atoms with E-state index < -0.39 is 21.8 Å². The van der Waals surface area contributed by atoms with E-state index in [1.807, 2.05) is 0 Å². The van der Waals surface area contributed by atoms with E-state index in [1.165, 1.54) is 30.6 Å². The molecular formula is C27H24F3N5O4S. The predicted octanol–water partition coefficient (Wildman–Crippen LogP) is 4.73. The molecule has 0 spiro atoms. The van der Waals surface area contributed by atoms with Crippen LogP contribution in [0.4, 0.5) is 13.2 Å². The molecule has 6 rings (SSSR count). The summed E-state index contributed by atoms with van der Waals surface area (Å²) < 4.78 is 76.5. The summed E-state index contributed by atoms with van der Waals surface area (Å²) in [5.74, 6) is 0.247. The first-order valence-electron chi connectivity index (χ1n) is 12.6. The number of hydrogen-bond acceptors (Lipinski definition) is 6. The van der Waals surface area contributed by atoms with Crippen LogP contribution in [0.2, 0.25) is 0 Å². The Morgan fingerprint density at radius 2 is 1.73 bits per heavy atom. The summed E-state index contributed by atoms with van der Waals surface area (Å²) in [6.45, 7) is 3.48. The number of nitrogens with one attached hydrogen (secondary N) is 1. The van der Waals surface area contributed by atoms with Crippen LogP contribution in [0.25, 0.3) is 33.3 Å². The van der Waals surface area contributed by atoms with Crippen molar-refractivity contribution in [1.29, 1.82) is 0 Å². The molecule has 0 radical (unpaired) electrons. The molecule has 5 aromatic rings. The Hall–Kier alpha value is -3.97. The first kappa shape index (κ1) is 26.3. The van der Waals surface area contributed by atoms with Gasteiger partial charge in [0.05, 0.1) is 16.0 Å². The Morgan fingerprint density at radius 3 is 2.42 bits per heavy atom. The molecular weight excluding hydrogens is 547 g/mol. The minimum Gasteiger partial charge on any atom is -0.381 e. The zero-order chi connectivity index (χ0) is 28.2. The fraction of sp³-hybridized carbons (Fsp3) is 0.296. The van der Waals surface area contributed by atoms with Crippen molar-refractivity contribution >= 4 is 32.2 Å². The van der Waals surface area contributed by atoms with Gasteiger partial charge in [0.2, 0.25) is 0 Å². The van der Waals surface area contributed by atoms with Gasteiger partial charge in [-0.3, -0.25) is 9.55 Å². The van der Waals surface area contributed by atoms with Crippen molar-refractivity contribution in [3.63, 3.8) is 0 Å². The molecule has 208 valence electrons. The summed E-state index contributed by atoms with van der Waals surface area (Å²) in [7, 11) is -4.35. The highest BCUT2D eigenvalue weighted by Gasteiger charge is 2.37. The molecule has 0 bridgehead atoms. The number of aromatic nitrogens is 5. The fourth-order valence-corrected chi connectivity index (χ4v) is 6.35. The molecule has 13 heteroatoms. The van der Waals surface area contributed by atoms with Crippen molar-refractivity contribution in [1.82, 2.24) is 23.5 Å². The summed E-state index contributed by atoms with van der Waals surface area (Å²) in [6, 6.07) is 8.76. The maximum atomic E-state index is 14.1. The van der Waals surface area contributed by atoms with Crippen molar-refractivity contribution < 1.29 is 26.3 Å². The summed E-state index contributed by atoms with van der Waals surface area (Å²) >= 11 is 0. The quantitative estimate of drug-likeness (QED) is 0.327. The number of H-pyrrole nitrogens is 1. The molecule has 1 fully saturated rings. The van der Waals surface area contributed by atoms with Crippen molar-refractivity contribution in [3.8, 4) is 11.1 Å². The fourth-order valence-electron chi connectivity index (χ4n) is 5.03. The van der Waals surface area contributed by atoms with Gasteiger partial charge in [-0.05, 0) is 49.9 Å². The molecule has 9 nitrogen and oxygen atoms in total. The number of aromatic amines is 1. The minimum atomic E-state index is -4.83. The third kappa shape index (κ3) is 4.58. The molecule has 40 heavy (non-hydrogen) atoms. The third-order valence-corrected chi connectivity index (χ3v) is 8.90. The van der Waals surface area contributed by atoms with Gasteiger partial charge in [-0.2, -0.15) is 13.2 Å². The van der Waals surface area contributed by atoms with Gasteiger partial charge in [-0.15, -0.1) is 0 Å². The van der Waals surface area contributed by atoms with Crippen LogP contribution in [-0.2, 0) is 27.5 Å². The Labute approximate surface area is 226 Å². The van der Waals surface area contributed by atoms with E-state index in [0.717, 1.165) is 18.4 Å². The van der Waals surface area contributed by atoms with Gasteiger partial charge in [-0.25, -0.2) is 27.2 Å². The van der Waals surface area contributed by atoms with Crippen LogP contribution in [0, 0.1) is 12.8 Å². The Balaban J connectivity index is 1.47. The molecule has 1 aromatic carbocycles. The number of hydrogen-bond donors (Lipinski definition) is 1. The number of alkyl halides is 3. The van der Waals surface area contributed by atoms with E-state index in [1.54, 1.807) is 29.7 Å². The highest BCUT2D eigenvalue weighted by molar-refractivity contribution is 7.90. The number of aryl methyl sites for hydroxylation is 1. The van der Waals surface area contributed by atoms with Crippen molar-refractivity contribution in [2.75, 3.05) is 13.2 Å². The molecule has 1 aliphatic rings. The van der Waals surface area contributed by atoms with E-state index in [-0.39, 0.29) is 27.5 Å². The highest BCUT2D eigenvalue weighted by Crippen LogP contribution is 2.38. The molecule has 0 unspecified atom stereocenters. The Morgan fingerprint density at radius 1 is 1.05 bits per heavy atom. The zero-order valence-corrected chi connectivity index (χ0v) is 22.1. The second-order valence-corrected chi connectivity index (χ2v) is 11.8. The number of pyridine rings is 2. The van der Waals surface area contributed by atoms with Gasteiger partial charge in [0.25, 0.3) is 10.0 Å². The lowest BCUT2D eigenvalue weighted by Gasteiger charge is -2.22. The molecule has 4 aromatic heterocycles. The van der Waals surface area contributed by atoms with Crippen LogP contribution in [0.3, 0.4) is 0 Å². The highest BCUT2D eigenvalue weighted by atomic mass is 32.2. The maximum Gasteiger partial charge on any atom is 0.418 e. The monoisotopic (exact) mass is 571 g/mol. The van der Waals surface area contributed by atoms with Crippen molar-refractivity contribution in [3.05, 3.63) is 76.6 Å². The number of ether oxygens (including phenoxy) is 1. The molecule has 1 saturated heterocycles. The van der Waals surface area contributed by atoms with Crippen LogP contribution in [0.1, 0.15) is 24.0 Å². The van der Waals surface area contributed by atoms with Gasteiger partial charge in [0.1, 0.15) is 0 Å². The van der Waals surface area contributed by atoms with Gasteiger partial charge < -0.3 is 4.74 Å². The number of benzene rings is 1. The van der Waals surface area contributed by atoms with Crippen LogP contribution in [-0.4, -0.2) is 45.1 Å². The van der Waals surface area contributed by atoms with Crippen LogP contribution in [0.5, 0.6) is 0 Å². The molecule has 0 atom stereocenters. The van der Waals surface area contributed by atoms with Crippen LogP contribution < -0.4 is 5.69 Å². The van der Waals surface area contributed by atoms with Crippen LogP contribution >= 0.6 is 0 Å². The second-order valence-electron chi connectivity index (χ2n) is 9.94. The summed E-state index contributed by atoms with van der Waals surface area (Å²) in [4.78, 5) is 23.7. The lowest BCUT2D eigenvalue weighted by atomic mass is 10.0. The first-order valence-corrected chi connectivity index (χ1v) is 14.0. The Bertz CT molecular complexity index is 1900. The zero-order valence-electron chi connectivity index (χ0n) is 21.3. The first-order chi connectivity index (χ1) is 19.0. The van der Waals surface area contributed by atoms with Gasteiger partial charge in [0, 0.05) is 54.9 Å². The van der Waals surface area contributed by atoms with Crippen molar-refractivity contribution in [2.45, 2.75) is 37.4 Å². The molecule has 5 heterocycles. The summed E-state index contributed by atoms with van der Waals surface area (Å²) in [5.41, 5.74) is 0.626. The average molecular weight is 572 g/mol. The van der Waals surface area contributed by atoms with Gasteiger partial charge >= 0.3 is 11.9 Å². The van der Waals surface area contributed by atoms with E-state index in [9.17, 15) is 26.4 Å². The standard InChI is InChI=1S/C27H24F3N5O4S/c1-16-2-4-20(5-3-16)40(37,38)35-15-22(27(28,29)30)21-10-18(13-32-25(21)35)19-11-23-24(31-12-19)33-26(36)34(23)14-17-6-8-39-9-7-17/h2-5,10-13,15,17H,6-9,14H2,1H3,(H,31,33,36). The molecule has 0 amide bonds. The van der Waals surface area contributed by atoms with E-state index in [0.29, 0.717) is 52.2 Å². The number of halogens is 3. The minimum absolute atomic E-state index is 0.154. The topological polar surface area (TPSA) is 112 Å². The summed E-state index contributed by atoms with van der Waals surface area (Å²) in [6.07, 6.45) is 0.105. The molecule has 0 aliphatic carbocycles. The van der Waals surface area contributed by atoms with Gasteiger partial charge in [0.15, 0.2) is 11.3 Å². The van der Waals surface area contributed by atoms with E-state index >= 15 is 0 Å². The van der Waals surface area contributed by atoms with Crippen molar-refractivity contribution in [2.24, 2.45) is 5.92 Å². The van der Waals surface area contributed by atoms with Crippen LogP contribution in [0.15, 0.2) is 64.7 Å². The second kappa shape index (κ2) is 9.59. The largest absolute Gasteiger partial charge is 0.418 e. The number of rotatable bonds is 5. The molecule has 1 aliphatic heterocycles. The SMILES string of the molecule is Cc1ccc(S(=O)(=O)n2cc(C(F)(F)F)c3cc(-c4cnc5[nH]c(=O)n(CC6CCOCC6)c5c4)cnc32)cc1. The normalized spacial score (nSPS) is 15.3. The smallest absolute Gasteiger partial charge is 0.381 e.